The third-order valence-corrected chi connectivity index (χ3v) is 3.83. The minimum Gasteiger partial charge on any atom is -0.356 e. The zero-order valence-electron chi connectivity index (χ0n) is 10.7. The lowest BCUT2D eigenvalue weighted by atomic mass is 9.96. The number of nitrogens with two attached hydrogens (primary N) is 1. The number of carbonyl (C=O) groups is 1. The summed E-state index contributed by atoms with van der Waals surface area (Å²) >= 11 is 0. The minimum atomic E-state index is 0.155. The van der Waals surface area contributed by atoms with Gasteiger partial charge in [0, 0.05) is 12.5 Å². The highest BCUT2D eigenvalue weighted by atomic mass is 16.1. The summed E-state index contributed by atoms with van der Waals surface area (Å²) in [4.78, 5) is 11.7. The molecule has 3 nitrogen and oxygen atoms in total. The van der Waals surface area contributed by atoms with E-state index in [2.05, 4.69) is 12.2 Å². The fraction of sp³-hybridized carbons (Fsp3) is 0.923. The fourth-order valence-electron chi connectivity index (χ4n) is 2.66. The van der Waals surface area contributed by atoms with E-state index in [9.17, 15) is 4.79 Å². The SMILES string of the molecule is CCCC(C)C(=O)NCC1CCCC1CN. The fourth-order valence-corrected chi connectivity index (χ4v) is 2.66. The lowest BCUT2D eigenvalue weighted by Gasteiger charge is -2.19. The Morgan fingerprint density at radius 1 is 1.44 bits per heavy atom. The van der Waals surface area contributed by atoms with Crippen LogP contribution in [0.25, 0.3) is 0 Å². The van der Waals surface area contributed by atoms with Crippen LogP contribution >= 0.6 is 0 Å². The Labute approximate surface area is 99.2 Å². The molecule has 0 radical (unpaired) electrons. The molecule has 0 heterocycles. The molecule has 3 unspecified atom stereocenters. The molecule has 1 fully saturated rings. The van der Waals surface area contributed by atoms with E-state index >= 15 is 0 Å². The molecule has 0 bridgehead atoms. The third kappa shape index (κ3) is 3.78. The smallest absolute Gasteiger partial charge is 0.222 e. The second kappa shape index (κ2) is 6.89. The average Bonchev–Trinajstić information content (AvgIpc) is 2.73. The summed E-state index contributed by atoms with van der Waals surface area (Å²) in [6.45, 7) is 5.72. The van der Waals surface area contributed by atoms with Crippen molar-refractivity contribution >= 4 is 5.91 Å². The molecule has 3 heteroatoms. The van der Waals surface area contributed by atoms with Crippen molar-refractivity contribution in [1.82, 2.24) is 5.32 Å². The van der Waals surface area contributed by atoms with E-state index in [1.54, 1.807) is 0 Å². The summed E-state index contributed by atoms with van der Waals surface area (Å²) < 4.78 is 0. The molecule has 0 aliphatic heterocycles. The highest BCUT2D eigenvalue weighted by Gasteiger charge is 2.26. The summed E-state index contributed by atoms with van der Waals surface area (Å²) in [7, 11) is 0. The predicted octanol–water partition coefficient (Wildman–Crippen LogP) is 1.91. The zero-order valence-corrected chi connectivity index (χ0v) is 10.7. The van der Waals surface area contributed by atoms with E-state index in [1.165, 1.54) is 19.3 Å². The van der Waals surface area contributed by atoms with E-state index in [-0.39, 0.29) is 11.8 Å². The van der Waals surface area contributed by atoms with Crippen LogP contribution in [0, 0.1) is 17.8 Å². The van der Waals surface area contributed by atoms with Gasteiger partial charge in [0.1, 0.15) is 0 Å². The molecule has 0 spiro atoms. The van der Waals surface area contributed by atoms with Gasteiger partial charge in [0.05, 0.1) is 0 Å². The monoisotopic (exact) mass is 226 g/mol. The van der Waals surface area contributed by atoms with Crippen LogP contribution in [0.3, 0.4) is 0 Å². The Balaban J connectivity index is 2.25. The molecule has 1 amide bonds. The van der Waals surface area contributed by atoms with Crippen LogP contribution in [0.2, 0.25) is 0 Å². The largest absolute Gasteiger partial charge is 0.356 e. The van der Waals surface area contributed by atoms with Gasteiger partial charge in [-0.3, -0.25) is 4.79 Å². The van der Waals surface area contributed by atoms with Crippen molar-refractivity contribution in [1.29, 1.82) is 0 Å². The number of hydrogen-bond acceptors (Lipinski definition) is 2. The molecule has 1 rings (SSSR count). The van der Waals surface area contributed by atoms with Crippen molar-refractivity contribution in [2.45, 2.75) is 46.0 Å². The van der Waals surface area contributed by atoms with Gasteiger partial charge in [0.15, 0.2) is 0 Å². The quantitative estimate of drug-likeness (QED) is 0.727. The van der Waals surface area contributed by atoms with E-state index in [0.717, 1.165) is 25.9 Å². The molecule has 0 aromatic carbocycles. The first-order chi connectivity index (χ1) is 7.69. The predicted molar refractivity (Wildman–Crippen MR) is 67.0 cm³/mol. The number of hydrogen-bond donors (Lipinski definition) is 2. The molecule has 0 aromatic heterocycles. The Bertz CT molecular complexity index is 218. The summed E-state index contributed by atoms with van der Waals surface area (Å²) in [6.07, 6.45) is 5.79. The molecular weight excluding hydrogens is 200 g/mol. The molecule has 3 atom stereocenters. The summed E-state index contributed by atoms with van der Waals surface area (Å²) in [5.74, 6) is 1.61. The van der Waals surface area contributed by atoms with Crippen molar-refractivity contribution < 1.29 is 4.79 Å². The summed E-state index contributed by atoms with van der Waals surface area (Å²) in [5.41, 5.74) is 5.73. The van der Waals surface area contributed by atoms with Gasteiger partial charge in [0.25, 0.3) is 0 Å². The maximum absolute atomic E-state index is 11.7. The van der Waals surface area contributed by atoms with Crippen LogP contribution in [0.5, 0.6) is 0 Å². The van der Waals surface area contributed by atoms with Gasteiger partial charge in [-0.2, -0.15) is 0 Å². The average molecular weight is 226 g/mol. The van der Waals surface area contributed by atoms with E-state index in [1.807, 2.05) is 6.92 Å². The lowest BCUT2D eigenvalue weighted by Crippen LogP contribution is -2.35. The van der Waals surface area contributed by atoms with Crippen molar-refractivity contribution in [3.8, 4) is 0 Å². The normalized spacial score (nSPS) is 26.7. The summed E-state index contributed by atoms with van der Waals surface area (Å²) in [5, 5.41) is 3.08. The molecule has 94 valence electrons. The van der Waals surface area contributed by atoms with Crippen molar-refractivity contribution in [2.24, 2.45) is 23.5 Å². The first kappa shape index (κ1) is 13.5. The van der Waals surface area contributed by atoms with Gasteiger partial charge in [-0.15, -0.1) is 0 Å². The Morgan fingerprint density at radius 2 is 2.12 bits per heavy atom. The molecule has 1 saturated carbocycles. The number of nitrogens with one attached hydrogen (secondary N) is 1. The van der Waals surface area contributed by atoms with Crippen LogP contribution < -0.4 is 11.1 Å². The highest BCUT2D eigenvalue weighted by Crippen LogP contribution is 2.30. The van der Waals surface area contributed by atoms with Gasteiger partial charge in [0.2, 0.25) is 5.91 Å². The van der Waals surface area contributed by atoms with Gasteiger partial charge >= 0.3 is 0 Å². The Morgan fingerprint density at radius 3 is 2.75 bits per heavy atom. The number of carbonyl (C=O) groups excluding carboxylic acids is 1. The van der Waals surface area contributed by atoms with Crippen LogP contribution in [0.1, 0.15) is 46.0 Å². The maximum atomic E-state index is 11.7. The van der Waals surface area contributed by atoms with Gasteiger partial charge < -0.3 is 11.1 Å². The van der Waals surface area contributed by atoms with Crippen molar-refractivity contribution in [3.05, 3.63) is 0 Å². The molecule has 3 N–H and O–H groups in total. The van der Waals surface area contributed by atoms with Crippen LogP contribution in [-0.2, 0) is 4.79 Å². The van der Waals surface area contributed by atoms with Crippen LogP contribution in [0.15, 0.2) is 0 Å². The molecule has 0 saturated heterocycles. The summed E-state index contributed by atoms with van der Waals surface area (Å²) in [6, 6.07) is 0. The molecule has 0 aromatic rings. The maximum Gasteiger partial charge on any atom is 0.222 e. The van der Waals surface area contributed by atoms with Gasteiger partial charge in [-0.25, -0.2) is 0 Å². The van der Waals surface area contributed by atoms with Gasteiger partial charge in [-0.05, 0) is 37.6 Å². The van der Waals surface area contributed by atoms with E-state index in [0.29, 0.717) is 11.8 Å². The minimum absolute atomic E-state index is 0.155. The highest BCUT2D eigenvalue weighted by molar-refractivity contribution is 5.78. The lowest BCUT2D eigenvalue weighted by molar-refractivity contribution is -0.124. The topological polar surface area (TPSA) is 55.1 Å². The van der Waals surface area contributed by atoms with Gasteiger partial charge in [-0.1, -0.05) is 26.7 Å². The molecule has 1 aliphatic carbocycles. The molecular formula is C13H26N2O. The van der Waals surface area contributed by atoms with Crippen molar-refractivity contribution in [2.75, 3.05) is 13.1 Å². The van der Waals surface area contributed by atoms with Crippen LogP contribution in [-0.4, -0.2) is 19.0 Å². The zero-order chi connectivity index (χ0) is 12.0. The van der Waals surface area contributed by atoms with Crippen LogP contribution in [0.4, 0.5) is 0 Å². The second-order valence-electron chi connectivity index (χ2n) is 5.12. The molecule has 1 aliphatic rings. The Kier molecular flexibility index (Phi) is 5.81. The van der Waals surface area contributed by atoms with Crippen molar-refractivity contribution in [3.63, 3.8) is 0 Å². The first-order valence-electron chi connectivity index (χ1n) is 6.66. The number of amides is 1. The Hall–Kier alpha value is -0.570. The van der Waals surface area contributed by atoms with E-state index in [4.69, 9.17) is 5.73 Å². The van der Waals surface area contributed by atoms with E-state index < -0.39 is 0 Å². The second-order valence-corrected chi connectivity index (χ2v) is 5.12. The number of rotatable bonds is 6. The first-order valence-corrected chi connectivity index (χ1v) is 6.66. The molecule has 16 heavy (non-hydrogen) atoms. The third-order valence-electron chi connectivity index (χ3n) is 3.83. The standard InChI is InChI=1S/C13H26N2O/c1-3-5-10(2)13(16)15-9-12-7-4-6-11(12)8-14/h10-12H,3-9,14H2,1-2H3,(H,15,16).